The van der Waals surface area contributed by atoms with Gasteiger partial charge in [0, 0.05) is 24.2 Å². The first-order valence-electron chi connectivity index (χ1n) is 10.2. The summed E-state index contributed by atoms with van der Waals surface area (Å²) < 4.78 is 24.4. The minimum atomic E-state index is -0.309. The number of halogens is 1. The second-order valence-electron chi connectivity index (χ2n) is 7.98. The van der Waals surface area contributed by atoms with Gasteiger partial charge in [-0.1, -0.05) is 26.8 Å². The lowest BCUT2D eigenvalue weighted by atomic mass is 9.94. The Kier molecular flexibility index (Phi) is 7.23. The van der Waals surface area contributed by atoms with Crippen molar-refractivity contribution in [2.75, 3.05) is 6.54 Å². The van der Waals surface area contributed by atoms with E-state index < -0.39 is 0 Å². The molecule has 0 fully saturated rings. The van der Waals surface area contributed by atoms with Crippen LogP contribution >= 0.6 is 0 Å². The Morgan fingerprint density at radius 1 is 1.06 bits per heavy atom. The van der Waals surface area contributed by atoms with E-state index in [0.29, 0.717) is 36.6 Å². The zero-order valence-electron chi connectivity index (χ0n) is 18.3. The average Bonchev–Trinajstić information content (AvgIpc) is 3.22. The quantitative estimate of drug-likeness (QED) is 0.427. The van der Waals surface area contributed by atoms with Gasteiger partial charge in [-0.05, 0) is 36.8 Å². The van der Waals surface area contributed by atoms with Gasteiger partial charge >= 0.3 is 0 Å². The number of nitrogens with zero attached hydrogens (tertiary/aromatic N) is 3. The number of oxazole rings is 1. The Labute approximate surface area is 181 Å². The lowest BCUT2D eigenvalue weighted by molar-refractivity contribution is 0.379. The molecule has 2 N–H and O–H groups in total. The highest BCUT2D eigenvalue weighted by Gasteiger charge is 2.19. The van der Waals surface area contributed by atoms with Crippen LogP contribution in [-0.2, 0) is 18.5 Å². The molecule has 0 saturated heterocycles. The Morgan fingerprint density at radius 3 is 2.45 bits per heavy atom. The summed E-state index contributed by atoms with van der Waals surface area (Å²) in [6.07, 6.45) is 3.47. The first-order chi connectivity index (χ1) is 14.8. The number of nitrogens with one attached hydrogen (secondary N) is 2. The SMILES string of the molecule is CCNC(=NCc1ccc(Oc2ccc(F)cc2)nc1)NCc1ncc(C(C)(C)C)o1. The summed E-state index contributed by atoms with van der Waals surface area (Å²) in [6, 6.07) is 9.45. The van der Waals surface area contributed by atoms with Crippen LogP contribution in [0.3, 0.4) is 0 Å². The van der Waals surface area contributed by atoms with Crippen molar-refractivity contribution in [1.29, 1.82) is 0 Å². The van der Waals surface area contributed by atoms with Gasteiger partial charge in [0.2, 0.25) is 11.8 Å². The molecule has 0 aliphatic heterocycles. The monoisotopic (exact) mass is 425 g/mol. The summed E-state index contributed by atoms with van der Waals surface area (Å²) in [6.45, 7) is 9.86. The molecular formula is C23H28FN5O2. The van der Waals surface area contributed by atoms with Crippen LogP contribution < -0.4 is 15.4 Å². The fourth-order valence-corrected chi connectivity index (χ4v) is 2.60. The summed E-state index contributed by atoms with van der Waals surface area (Å²) in [7, 11) is 0. The summed E-state index contributed by atoms with van der Waals surface area (Å²) in [5, 5.41) is 6.43. The summed E-state index contributed by atoms with van der Waals surface area (Å²) in [4.78, 5) is 13.2. The molecule has 0 unspecified atom stereocenters. The maximum atomic E-state index is 13.0. The van der Waals surface area contributed by atoms with Crippen LogP contribution in [0.1, 0.15) is 44.9 Å². The van der Waals surface area contributed by atoms with E-state index in [9.17, 15) is 4.39 Å². The van der Waals surface area contributed by atoms with Crippen molar-refractivity contribution in [2.45, 2.75) is 46.2 Å². The fourth-order valence-electron chi connectivity index (χ4n) is 2.60. The minimum absolute atomic E-state index is 0.0799. The number of guanidine groups is 1. The third-order valence-electron chi connectivity index (χ3n) is 4.30. The van der Waals surface area contributed by atoms with Crippen LogP contribution in [0.15, 0.2) is 58.2 Å². The van der Waals surface area contributed by atoms with E-state index in [2.05, 4.69) is 46.4 Å². The molecular weight excluding hydrogens is 397 g/mol. The highest BCUT2D eigenvalue weighted by atomic mass is 19.1. The molecule has 8 heteroatoms. The van der Waals surface area contributed by atoms with Gasteiger partial charge in [0.15, 0.2) is 5.96 Å². The van der Waals surface area contributed by atoms with Crippen molar-refractivity contribution in [1.82, 2.24) is 20.6 Å². The molecule has 0 bridgehead atoms. The van der Waals surface area contributed by atoms with Gasteiger partial charge in [-0.3, -0.25) is 0 Å². The molecule has 2 aromatic heterocycles. The number of aliphatic imine (C=N–C) groups is 1. The van der Waals surface area contributed by atoms with E-state index in [-0.39, 0.29) is 11.2 Å². The van der Waals surface area contributed by atoms with Gasteiger partial charge in [-0.2, -0.15) is 0 Å². The normalized spacial score (nSPS) is 12.0. The predicted octanol–water partition coefficient (Wildman–Crippen LogP) is 4.55. The summed E-state index contributed by atoms with van der Waals surface area (Å²) in [5.74, 6) is 2.77. The zero-order chi connectivity index (χ0) is 22.3. The highest BCUT2D eigenvalue weighted by molar-refractivity contribution is 5.79. The van der Waals surface area contributed by atoms with Crippen molar-refractivity contribution >= 4 is 5.96 Å². The maximum Gasteiger partial charge on any atom is 0.219 e. The first kappa shape index (κ1) is 22.3. The van der Waals surface area contributed by atoms with Gasteiger partial charge in [-0.15, -0.1) is 0 Å². The number of rotatable bonds is 7. The largest absolute Gasteiger partial charge is 0.443 e. The number of hydrogen-bond acceptors (Lipinski definition) is 5. The third-order valence-corrected chi connectivity index (χ3v) is 4.30. The lowest BCUT2D eigenvalue weighted by Crippen LogP contribution is -2.36. The molecule has 0 aliphatic rings. The standard InChI is InChI=1S/C23H28FN5O2/c1-5-25-22(29-15-21-27-14-19(31-21)23(2,3)4)28-13-16-6-11-20(26-12-16)30-18-9-7-17(24)8-10-18/h6-12,14H,5,13,15H2,1-4H3,(H2,25,28,29). The zero-order valence-corrected chi connectivity index (χ0v) is 18.3. The Bertz CT molecular complexity index is 992. The second kappa shape index (κ2) is 10.1. The minimum Gasteiger partial charge on any atom is -0.443 e. The smallest absolute Gasteiger partial charge is 0.219 e. The molecule has 31 heavy (non-hydrogen) atoms. The molecule has 164 valence electrons. The molecule has 0 amide bonds. The lowest BCUT2D eigenvalue weighted by Gasteiger charge is -2.13. The van der Waals surface area contributed by atoms with Crippen LogP contribution in [0, 0.1) is 5.82 Å². The van der Waals surface area contributed by atoms with Gasteiger partial charge < -0.3 is 19.8 Å². The molecule has 2 heterocycles. The van der Waals surface area contributed by atoms with Crippen molar-refractivity contribution in [3.8, 4) is 11.6 Å². The Hall–Kier alpha value is -3.42. The molecule has 3 rings (SSSR count). The van der Waals surface area contributed by atoms with Crippen LogP contribution in [0.5, 0.6) is 11.6 Å². The van der Waals surface area contributed by atoms with Gasteiger partial charge in [0.1, 0.15) is 17.3 Å². The fraction of sp³-hybridized carbons (Fsp3) is 0.348. The number of pyridine rings is 1. The van der Waals surface area contributed by atoms with Crippen molar-refractivity contribution in [2.24, 2.45) is 4.99 Å². The highest BCUT2D eigenvalue weighted by Crippen LogP contribution is 2.22. The van der Waals surface area contributed by atoms with E-state index in [1.54, 1.807) is 30.6 Å². The van der Waals surface area contributed by atoms with Gasteiger partial charge in [-0.25, -0.2) is 19.4 Å². The van der Waals surface area contributed by atoms with Crippen molar-refractivity contribution in [3.63, 3.8) is 0 Å². The molecule has 0 saturated carbocycles. The van der Waals surface area contributed by atoms with E-state index in [0.717, 1.165) is 17.9 Å². The first-order valence-corrected chi connectivity index (χ1v) is 10.2. The molecule has 7 nitrogen and oxygen atoms in total. The van der Waals surface area contributed by atoms with Crippen molar-refractivity contribution < 1.29 is 13.5 Å². The van der Waals surface area contributed by atoms with E-state index in [1.807, 2.05) is 13.0 Å². The van der Waals surface area contributed by atoms with Crippen LogP contribution in [0.2, 0.25) is 0 Å². The molecule has 0 aliphatic carbocycles. The van der Waals surface area contributed by atoms with E-state index in [4.69, 9.17) is 9.15 Å². The van der Waals surface area contributed by atoms with Gasteiger partial charge in [0.25, 0.3) is 0 Å². The van der Waals surface area contributed by atoms with Crippen LogP contribution in [0.25, 0.3) is 0 Å². The summed E-state index contributed by atoms with van der Waals surface area (Å²) >= 11 is 0. The van der Waals surface area contributed by atoms with E-state index in [1.165, 1.54) is 12.1 Å². The predicted molar refractivity (Wildman–Crippen MR) is 118 cm³/mol. The van der Waals surface area contributed by atoms with Crippen LogP contribution in [0.4, 0.5) is 4.39 Å². The average molecular weight is 426 g/mol. The number of aromatic nitrogens is 2. The van der Waals surface area contributed by atoms with E-state index >= 15 is 0 Å². The topological polar surface area (TPSA) is 84.6 Å². The van der Waals surface area contributed by atoms with Gasteiger partial charge in [0.05, 0.1) is 19.3 Å². The number of benzene rings is 1. The summed E-state index contributed by atoms with van der Waals surface area (Å²) in [5.41, 5.74) is 0.846. The third kappa shape index (κ3) is 6.80. The molecule has 0 spiro atoms. The Balaban J connectivity index is 1.56. The van der Waals surface area contributed by atoms with Crippen LogP contribution in [-0.4, -0.2) is 22.5 Å². The van der Waals surface area contributed by atoms with Crippen molar-refractivity contribution in [3.05, 3.63) is 71.8 Å². The molecule has 3 aromatic rings. The number of ether oxygens (including phenoxy) is 1. The Morgan fingerprint density at radius 2 is 1.84 bits per heavy atom. The number of hydrogen-bond donors (Lipinski definition) is 2. The molecule has 0 atom stereocenters. The second-order valence-corrected chi connectivity index (χ2v) is 7.98. The molecule has 0 radical (unpaired) electrons. The molecule has 1 aromatic carbocycles. The maximum absolute atomic E-state index is 13.0.